The molecule has 0 amide bonds. The first-order valence-corrected chi connectivity index (χ1v) is 6.72. The molecule has 1 aromatic heterocycles. The highest BCUT2D eigenvalue weighted by Gasteiger charge is 2.40. The van der Waals surface area contributed by atoms with Gasteiger partial charge in [-0.05, 0) is 20.3 Å². The fraction of sp³-hybridized carbons (Fsp3) is 0.750. The predicted molar refractivity (Wildman–Crippen MR) is 66.7 cm³/mol. The second-order valence-corrected chi connectivity index (χ2v) is 6.16. The number of β-amino-alcohol motifs (C(OH)–C–C–N with tert-alkyl or cyclic N) is 1. The van der Waals surface area contributed by atoms with Gasteiger partial charge in [0, 0.05) is 18.0 Å². The third kappa shape index (κ3) is 2.44. The number of thiazole rings is 1. The summed E-state index contributed by atoms with van der Waals surface area (Å²) in [7, 11) is 0. The third-order valence-electron chi connectivity index (χ3n) is 3.18. The Morgan fingerprint density at radius 3 is 2.62 bits per heavy atom. The van der Waals surface area contributed by atoms with Crippen molar-refractivity contribution in [1.82, 2.24) is 9.88 Å². The molecule has 0 radical (unpaired) electrons. The standard InChI is InChI=1S/C12H20N2OS/c1-4-5-12(15)7-14(8-12)6-11-13-9(2)10(3)16-11/h15H,4-8H2,1-3H3. The first kappa shape index (κ1) is 12.0. The highest BCUT2D eigenvalue weighted by molar-refractivity contribution is 7.11. The Kier molecular flexibility index (Phi) is 3.33. The summed E-state index contributed by atoms with van der Waals surface area (Å²) in [4.78, 5) is 8.10. The second-order valence-electron chi connectivity index (χ2n) is 4.87. The van der Waals surface area contributed by atoms with Crippen molar-refractivity contribution in [2.24, 2.45) is 0 Å². The van der Waals surface area contributed by atoms with Crippen LogP contribution in [0.2, 0.25) is 0 Å². The molecule has 1 fully saturated rings. The number of rotatable bonds is 4. The zero-order chi connectivity index (χ0) is 11.8. The fourth-order valence-electron chi connectivity index (χ4n) is 2.32. The summed E-state index contributed by atoms with van der Waals surface area (Å²) in [6.07, 6.45) is 1.97. The molecule has 16 heavy (non-hydrogen) atoms. The molecule has 0 saturated carbocycles. The van der Waals surface area contributed by atoms with Crippen LogP contribution in [0.25, 0.3) is 0 Å². The summed E-state index contributed by atoms with van der Waals surface area (Å²) in [5, 5.41) is 11.2. The molecule has 1 N–H and O–H groups in total. The largest absolute Gasteiger partial charge is 0.387 e. The van der Waals surface area contributed by atoms with E-state index < -0.39 is 5.60 Å². The monoisotopic (exact) mass is 240 g/mol. The van der Waals surface area contributed by atoms with Gasteiger partial charge in [0.25, 0.3) is 0 Å². The van der Waals surface area contributed by atoms with Crippen molar-refractivity contribution in [3.63, 3.8) is 0 Å². The Labute approximate surface area is 101 Å². The lowest BCUT2D eigenvalue weighted by Gasteiger charge is -2.46. The summed E-state index contributed by atoms with van der Waals surface area (Å²) in [6.45, 7) is 8.79. The van der Waals surface area contributed by atoms with E-state index >= 15 is 0 Å². The molecular formula is C12H20N2OS. The van der Waals surface area contributed by atoms with Crippen LogP contribution in [0, 0.1) is 13.8 Å². The first-order chi connectivity index (χ1) is 7.52. The molecule has 4 heteroatoms. The Morgan fingerprint density at radius 1 is 1.44 bits per heavy atom. The van der Waals surface area contributed by atoms with Crippen molar-refractivity contribution in [2.75, 3.05) is 13.1 Å². The molecule has 0 spiro atoms. The van der Waals surface area contributed by atoms with Crippen molar-refractivity contribution in [3.05, 3.63) is 15.6 Å². The molecule has 0 atom stereocenters. The average Bonchev–Trinajstić information content (AvgIpc) is 2.44. The Hall–Kier alpha value is -0.450. The summed E-state index contributed by atoms with van der Waals surface area (Å²) in [5.41, 5.74) is 0.722. The van der Waals surface area contributed by atoms with Crippen LogP contribution >= 0.6 is 11.3 Å². The predicted octanol–water partition coefficient (Wildman–Crippen LogP) is 2.11. The van der Waals surface area contributed by atoms with Gasteiger partial charge in [0.2, 0.25) is 0 Å². The van der Waals surface area contributed by atoms with E-state index in [9.17, 15) is 5.11 Å². The van der Waals surface area contributed by atoms with Crippen LogP contribution in [0.4, 0.5) is 0 Å². The van der Waals surface area contributed by atoms with Crippen LogP contribution < -0.4 is 0 Å². The maximum absolute atomic E-state index is 10.1. The van der Waals surface area contributed by atoms with E-state index in [1.54, 1.807) is 11.3 Å². The topological polar surface area (TPSA) is 36.4 Å². The van der Waals surface area contributed by atoms with Gasteiger partial charge < -0.3 is 5.11 Å². The van der Waals surface area contributed by atoms with Crippen LogP contribution in [0.3, 0.4) is 0 Å². The van der Waals surface area contributed by atoms with E-state index in [1.807, 2.05) is 0 Å². The van der Waals surface area contributed by atoms with Gasteiger partial charge in [-0.1, -0.05) is 13.3 Å². The van der Waals surface area contributed by atoms with Gasteiger partial charge in [0.15, 0.2) is 0 Å². The molecule has 0 aromatic carbocycles. The number of hydrogen-bond acceptors (Lipinski definition) is 4. The van der Waals surface area contributed by atoms with E-state index in [0.29, 0.717) is 0 Å². The smallest absolute Gasteiger partial charge is 0.107 e. The van der Waals surface area contributed by atoms with Gasteiger partial charge >= 0.3 is 0 Å². The van der Waals surface area contributed by atoms with Crippen LogP contribution in [-0.4, -0.2) is 33.7 Å². The van der Waals surface area contributed by atoms with E-state index in [-0.39, 0.29) is 0 Å². The van der Waals surface area contributed by atoms with Crippen LogP contribution in [0.15, 0.2) is 0 Å². The van der Waals surface area contributed by atoms with Gasteiger partial charge in [0.05, 0.1) is 17.8 Å². The molecule has 0 unspecified atom stereocenters. The number of aryl methyl sites for hydroxylation is 2. The van der Waals surface area contributed by atoms with Gasteiger partial charge in [-0.3, -0.25) is 4.90 Å². The van der Waals surface area contributed by atoms with Gasteiger partial charge in [0.1, 0.15) is 5.01 Å². The van der Waals surface area contributed by atoms with Gasteiger partial charge in [-0.15, -0.1) is 11.3 Å². The van der Waals surface area contributed by atoms with E-state index in [4.69, 9.17) is 0 Å². The number of aliphatic hydroxyl groups is 1. The molecular weight excluding hydrogens is 220 g/mol. The van der Waals surface area contributed by atoms with Crippen LogP contribution in [-0.2, 0) is 6.54 Å². The Bertz CT molecular complexity index is 350. The van der Waals surface area contributed by atoms with Crippen molar-refractivity contribution in [1.29, 1.82) is 0 Å². The van der Waals surface area contributed by atoms with Gasteiger partial charge in [-0.2, -0.15) is 0 Å². The number of nitrogens with zero attached hydrogens (tertiary/aromatic N) is 2. The minimum absolute atomic E-state index is 0.421. The van der Waals surface area contributed by atoms with Crippen LogP contribution in [0.1, 0.15) is 35.3 Å². The molecule has 3 nitrogen and oxygen atoms in total. The summed E-state index contributed by atoms with van der Waals surface area (Å²) in [5.74, 6) is 0. The maximum atomic E-state index is 10.1. The molecule has 1 saturated heterocycles. The molecule has 90 valence electrons. The quantitative estimate of drug-likeness (QED) is 0.875. The molecule has 0 aliphatic carbocycles. The van der Waals surface area contributed by atoms with Crippen molar-refractivity contribution in [3.8, 4) is 0 Å². The van der Waals surface area contributed by atoms with Gasteiger partial charge in [-0.25, -0.2) is 4.98 Å². The minimum atomic E-state index is -0.421. The molecule has 2 rings (SSSR count). The molecule has 1 aliphatic heterocycles. The van der Waals surface area contributed by atoms with E-state index in [1.165, 1.54) is 9.88 Å². The maximum Gasteiger partial charge on any atom is 0.107 e. The summed E-state index contributed by atoms with van der Waals surface area (Å²) >= 11 is 1.77. The second kappa shape index (κ2) is 4.43. The SMILES string of the molecule is CCCC1(O)CN(Cc2nc(C)c(C)s2)C1. The fourth-order valence-corrected chi connectivity index (χ4v) is 3.30. The number of aromatic nitrogens is 1. The lowest BCUT2D eigenvalue weighted by atomic mass is 9.89. The average molecular weight is 240 g/mol. The normalized spacial score (nSPS) is 19.8. The lowest BCUT2D eigenvalue weighted by molar-refractivity contribution is -0.106. The van der Waals surface area contributed by atoms with Crippen molar-refractivity contribution in [2.45, 2.75) is 45.8 Å². The molecule has 1 aromatic rings. The summed E-state index contributed by atoms with van der Waals surface area (Å²) in [6, 6.07) is 0. The minimum Gasteiger partial charge on any atom is -0.387 e. The Balaban J connectivity index is 1.85. The van der Waals surface area contributed by atoms with E-state index in [2.05, 4.69) is 30.7 Å². The molecule has 0 bridgehead atoms. The van der Waals surface area contributed by atoms with E-state index in [0.717, 1.165) is 38.2 Å². The lowest BCUT2D eigenvalue weighted by Crippen LogP contribution is -2.60. The highest BCUT2D eigenvalue weighted by atomic mass is 32.1. The molecule has 2 heterocycles. The third-order valence-corrected chi connectivity index (χ3v) is 4.24. The van der Waals surface area contributed by atoms with Crippen molar-refractivity contribution >= 4 is 11.3 Å². The summed E-state index contributed by atoms with van der Waals surface area (Å²) < 4.78 is 0. The highest BCUT2D eigenvalue weighted by Crippen LogP contribution is 2.28. The van der Waals surface area contributed by atoms with Crippen LogP contribution in [0.5, 0.6) is 0 Å². The molecule has 1 aliphatic rings. The van der Waals surface area contributed by atoms with Crippen molar-refractivity contribution < 1.29 is 5.11 Å². The zero-order valence-electron chi connectivity index (χ0n) is 10.3. The Morgan fingerprint density at radius 2 is 2.12 bits per heavy atom. The first-order valence-electron chi connectivity index (χ1n) is 5.90. The zero-order valence-corrected chi connectivity index (χ0v) is 11.1. The number of likely N-dealkylation sites (tertiary alicyclic amines) is 1. The number of hydrogen-bond donors (Lipinski definition) is 1.